The van der Waals surface area contributed by atoms with Crippen LogP contribution in [0.1, 0.15) is 41.0 Å². The van der Waals surface area contributed by atoms with Gasteiger partial charge in [0.2, 0.25) is 12.1 Å². The second-order valence-corrected chi connectivity index (χ2v) is 11.2. The fourth-order valence-electron chi connectivity index (χ4n) is 2.09. The van der Waals surface area contributed by atoms with E-state index in [9.17, 15) is 24.0 Å². The highest BCUT2D eigenvalue weighted by Gasteiger charge is 2.34. The summed E-state index contributed by atoms with van der Waals surface area (Å²) in [6.45, 7) is 9.92. The molecule has 13 heteroatoms. The normalized spacial score (nSPS) is 17.7. The van der Waals surface area contributed by atoms with Crippen LogP contribution in [0, 0.1) is 0 Å². The van der Waals surface area contributed by atoms with Gasteiger partial charge in [-0.25, -0.2) is 0 Å². The molecule has 4 atom stereocenters. The number of ether oxygens (including phenoxy) is 4. The smallest absolute Gasteiger partial charge is 0.257 e. The fourth-order valence-corrected chi connectivity index (χ4v) is 5.53. The molecule has 4 unspecified atom stereocenters. The van der Waals surface area contributed by atoms with Crippen LogP contribution in [0.3, 0.4) is 0 Å². The Labute approximate surface area is 180 Å². The van der Waals surface area contributed by atoms with E-state index in [0.29, 0.717) is 19.6 Å². The molecular weight excluding hydrogens is 438 g/mol. The lowest BCUT2D eigenvalue weighted by atomic mass is 10.3. The highest BCUT2D eigenvalue weighted by Crippen LogP contribution is 2.48. The topological polar surface area (TPSA) is 184 Å². The minimum absolute atomic E-state index is 0.0600. The van der Waals surface area contributed by atoms with E-state index in [-0.39, 0.29) is 38.1 Å². The summed E-state index contributed by atoms with van der Waals surface area (Å²) in [6, 6.07) is -2.27. The molecule has 0 saturated carbocycles. The summed E-state index contributed by atoms with van der Waals surface area (Å²) in [5.41, 5.74) is 10.7. The summed E-state index contributed by atoms with van der Waals surface area (Å²) >= 11 is 0. The lowest BCUT2D eigenvalue weighted by Gasteiger charge is -2.23. The van der Waals surface area contributed by atoms with Gasteiger partial charge < -0.3 is 45.3 Å². The van der Waals surface area contributed by atoms with Crippen LogP contribution in [0.5, 0.6) is 0 Å². The molecule has 0 aromatic carbocycles. The van der Waals surface area contributed by atoms with Gasteiger partial charge in [-0.3, -0.25) is 9.13 Å². The van der Waals surface area contributed by atoms with Gasteiger partial charge in [-0.05, 0) is 41.0 Å². The molecule has 7 N–H and O–H groups in total. The van der Waals surface area contributed by atoms with E-state index >= 15 is 0 Å². The van der Waals surface area contributed by atoms with Gasteiger partial charge in [0.25, 0.3) is 14.7 Å². The number of nitrogens with two attached hydrogens (primary N) is 2. The number of rotatable bonds is 16. The first-order chi connectivity index (χ1) is 13.9. The summed E-state index contributed by atoms with van der Waals surface area (Å²) in [5.74, 6) is 0. The summed E-state index contributed by atoms with van der Waals surface area (Å²) in [6.07, 6.45) is -0.697. The highest BCUT2D eigenvalue weighted by atomic mass is 31.2. The van der Waals surface area contributed by atoms with Gasteiger partial charge in [-0.2, -0.15) is 0 Å². The molecule has 0 aliphatic rings. The Bertz CT molecular complexity index is 500. The van der Waals surface area contributed by atoms with Crippen molar-refractivity contribution in [3.8, 4) is 0 Å². The average molecular weight is 480 g/mol. The largest absolute Gasteiger partial charge is 0.391 e. The average Bonchev–Trinajstić information content (AvgIpc) is 2.66. The third-order valence-corrected chi connectivity index (χ3v) is 7.30. The van der Waals surface area contributed by atoms with Crippen molar-refractivity contribution in [1.82, 2.24) is 0 Å². The Hall–Kier alpha value is 0.1000. The molecule has 0 heterocycles. The Morgan fingerprint density at radius 1 is 0.833 bits per heavy atom. The van der Waals surface area contributed by atoms with E-state index in [1.165, 1.54) is 0 Å². The van der Waals surface area contributed by atoms with Crippen LogP contribution < -0.4 is 11.5 Å². The minimum Gasteiger partial charge on any atom is -0.391 e. The molecule has 0 amide bonds. The summed E-state index contributed by atoms with van der Waals surface area (Å²) in [4.78, 5) is 19.4. The van der Waals surface area contributed by atoms with Gasteiger partial charge in [-0.1, -0.05) is 0 Å². The third kappa shape index (κ3) is 15.0. The van der Waals surface area contributed by atoms with Crippen LogP contribution in [0.25, 0.3) is 0 Å². The number of hydrogen-bond acceptors (Lipinski definition) is 9. The first-order valence-electron chi connectivity index (χ1n) is 10.1. The quantitative estimate of drug-likeness (QED) is 0.158. The van der Waals surface area contributed by atoms with Crippen molar-refractivity contribution < 1.29 is 43.0 Å². The Kier molecular flexibility index (Phi) is 19.0. The van der Waals surface area contributed by atoms with Gasteiger partial charge in [0.1, 0.15) is 0 Å². The van der Waals surface area contributed by atoms with E-state index in [2.05, 4.69) is 0 Å². The molecule has 11 nitrogen and oxygen atoms in total. The molecule has 0 spiro atoms. The molecule has 0 fully saturated rings. The predicted octanol–water partition coefficient (Wildman–Crippen LogP) is 1.28. The number of aliphatic hydroxyl groups is 1. The first-order valence-corrected chi connectivity index (χ1v) is 14.0. The van der Waals surface area contributed by atoms with Crippen molar-refractivity contribution in [3.63, 3.8) is 0 Å². The van der Waals surface area contributed by atoms with Crippen LogP contribution in [0.4, 0.5) is 0 Å². The first kappa shape index (κ1) is 32.3. The zero-order valence-electron chi connectivity index (χ0n) is 18.8. The maximum atomic E-state index is 11.8. The summed E-state index contributed by atoms with van der Waals surface area (Å²) in [5, 5.41) is 9.21. The second-order valence-electron chi connectivity index (χ2n) is 6.51. The third-order valence-electron chi connectivity index (χ3n) is 3.55. The molecule has 0 radical (unpaired) electrons. The van der Waals surface area contributed by atoms with Crippen LogP contribution in [0.2, 0.25) is 0 Å². The maximum Gasteiger partial charge on any atom is 0.257 e. The van der Waals surface area contributed by atoms with Crippen molar-refractivity contribution in [2.45, 2.75) is 65.2 Å². The van der Waals surface area contributed by atoms with Gasteiger partial charge in [0.15, 0.2) is 0 Å². The van der Waals surface area contributed by atoms with E-state index in [4.69, 9.17) is 30.4 Å². The molecule has 0 aromatic rings. The fraction of sp³-hybridized carbons (Fsp3) is 1.00. The van der Waals surface area contributed by atoms with Gasteiger partial charge in [-0.15, -0.1) is 0 Å². The maximum absolute atomic E-state index is 11.8. The monoisotopic (exact) mass is 480 g/mol. The summed E-state index contributed by atoms with van der Waals surface area (Å²) < 4.78 is 43.8. The summed E-state index contributed by atoms with van der Waals surface area (Å²) in [7, 11) is -7.10. The molecule has 184 valence electrons. The van der Waals surface area contributed by atoms with Crippen molar-refractivity contribution in [2.24, 2.45) is 11.5 Å². The van der Waals surface area contributed by atoms with Crippen molar-refractivity contribution in [3.05, 3.63) is 0 Å². The molecule has 0 rings (SSSR count). The SMILES string of the molecule is CCOC(OCC)P(=O)(O)CC(O)CN.CCOC(OCC)P(=O)(O)CCC(C)N. The predicted molar refractivity (Wildman–Crippen MR) is 117 cm³/mol. The van der Waals surface area contributed by atoms with Crippen LogP contribution in [-0.2, 0) is 28.1 Å². The number of hydrogen-bond donors (Lipinski definition) is 5. The molecule has 30 heavy (non-hydrogen) atoms. The Morgan fingerprint density at radius 3 is 1.50 bits per heavy atom. The molecule has 0 bridgehead atoms. The Morgan fingerprint density at radius 2 is 1.20 bits per heavy atom. The zero-order valence-corrected chi connectivity index (χ0v) is 20.6. The van der Waals surface area contributed by atoms with Crippen molar-refractivity contribution >= 4 is 14.7 Å². The Balaban J connectivity index is 0. The lowest BCUT2D eigenvalue weighted by molar-refractivity contribution is -0.0876. The molecular formula is C17H42N2O9P2. The van der Waals surface area contributed by atoms with Crippen molar-refractivity contribution in [1.29, 1.82) is 0 Å². The molecule has 0 saturated heterocycles. The van der Waals surface area contributed by atoms with Crippen LogP contribution in [-0.4, -0.2) is 84.4 Å². The van der Waals surface area contributed by atoms with E-state index < -0.39 is 32.9 Å². The lowest BCUT2D eigenvalue weighted by Crippen LogP contribution is -2.28. The highest BCUT2D eigenvalue weighted by molar-refractivity contribution is 7.58. The van der Waals surface area contributed by atoms with Gasteiger partial charge >= 0.3 is 0 Å². The van der Waals surface area contributed by atoms with Crippen LogP contribution >= 0.6 is 14.7 Å². The molecule has 0 aliphatic heterocycles. The van der Waals surface area contributed by atoms with E-state index in [1.807, 2.05) is 0 Å². The van der Waals surface area contributed by atoms with Gasteiger partial charge in [0, 0.05) is 45.2 Å². The zero-order chi connectivity index (χ0) is 23.8. The minimum atomic E-state index is -3.68. The number of aliphatic hydroxyl groups excluding tert-OH is 1. The second kappa shape index (κ2) is 17.6. The standard InChI is InChI=1S/C9H22NO4P.C8H20NO5P/c1-4-13-9(14-5-2)15(11,12)7-6-8(3)10;1-3-13-8(14-4-2)15(11,12)6-7(10)5-9/h8-9H,4-7,10H2,1-3H3,(H,11,12);7-8,10H,3-6,9H2,1-2H3,(H,11,12). The van der Waals surface area contributed by atoms with Crippen LogP contribution in [0.15, 0.2) is 0 Å². The van der Waals surface area contributed by atoms with E-state index in [1.54, 1.807) is 34.6 Å². The molecule has 0 aromatic heterocycles. The van der Waals surface area contributed by atoms with Gasteiger partial charge in [0.05, 0.1) is 12.3 Å². The van der Waals surface area contributed by atoms with Crippen molar-refractivity contribution in [2.75, 3.05) is 45.3 Å². The van der Waals surface area contributed by atoms with E-state index in [0.717, 1.165) is 0 Å². The molecule has 0 aliphatic carbocycles.